The molecule has 3 fully saturated rings. The molecule has 34 heavy (non-hydrogen) atoms. The van der Waals surface area contributed by atoms with Gasteiger partial charge in [0.1, 0.15) is 0 Å². The second-order valence-corrected chi connectivity index (χ2v) is 11.1. The molecule has 0 N–H and O–H groups in total. The van der Waals surface area contributed by atoms with Gasteiger partial charge in [0, 0.05) is 6.61 Å². The van der Waals surface area contributed by atoms with Gasteiger partial charge in [-0.1, -0.05) is 19.8 Å². The Kier molecular flexibility index (Phi) is 9.50. The number of fused-ring (bicyclic) bond motifs is 1. The van der Waals surface area contributed by atoms with Crippen LogP contribution in [0.3, 0.4) is 0 Å². The Morgan fingerprint density at radius 1 is 0.706 bits per heavy atom. The fraction of sp³-hybridized carbons (Fsp3) is 0.793. The molecule has 4 unspecified atom stereocenters. The minimum atomic E-state index is -0.961. The maximum atomic E-state index is 14.3. The number of halogens is 2. The molecule has 1 aromatic rings. The van der Waals surface area contributed by atoms with Crippen molar-refractivity contribution in [1.29, 1.82) is 0 Å². The third-order valence-electron chi connectivity index (χ3n) is 8.67. The van der Waals surface area contributed by atoms with E-state index < -0.39 is 11.6 Å². The first-order valence-electron chi connectivity index (χ1n) is 13.9. The van der Waals surface area contributed by atoms with Crippen LogP contribution in [0.1, 0.15) is 90.9 Å². The zero-order valence-electron chi connectivity index (χ0n) is 21.2. The summed E-state index contributed by atoms with van der Waals surface area (Å²) in [5.41, 5.74) is 0. The topological polar surface area (TPSA) is 27.7 Å². The van der Waals surface area contributed by atoms with Gasteiger partial charge in [-0.2, -0.15) is 8.78 Å². The second kappa shape index (κ2) is 12.6. The summed E-state index contributed by atoms with van der Waals surface area (Å²) in [6, 6.07) is 2.94. The first kappa shape index (κ1) is 25.7. The first-order valence-corrected chi connectivity index (χ1v) is 13.9. The highest BCUT2D eigenvalue weighted by atomic mass is 19.2. The Balaban J connectivity index is 1.17. The molecule has 3 aliphatic rings. The SMILES string of the molecule is CCCC1CCC(OCC2CCC3CC(COc4ccc(OCC)c(F)c4F)CCC3C2)CC1. The van der Waals surface area contributed by atoms with Gasteiger partial charge in [-0.05, 0) is 113 Å². The lowest BCUT2D eigenvalue weighted by Crippen LogP contribution is -2.34. The van der Waals surface area contributed by atoms with Crippen LogP contribution in [-0.2, 0) is 4.74 Å². The van der Waals surface area contributed by atoms with E-state index >= 15 is 0 Å². The van der Waals surface area contributed by atoms with E-state index in [1.165, 1.54) is 76.3 Å². The predicted molar refractivity (Wildman–Crippen MR) is 131 cm³/mol. The molecular weight excluding hydrogens is 434 g/mol. The molecule has 0 bridgehead atoms. The molecule has 192 valence electrons. The molecule has 3 saturated carbocycles. The summed E-state index contributed by atoms with van der Waals surface area (Å²) in [6.45, 7) is 5.75. The number of ether oxygens (including phenoxy) is 3. The second-order valence-electron chi connectivity index (χ2n) is 11.1. The molecule has 0 saturated heterocycles. The van der Waals surface area contributed by atoms with Crippen LogP contribution in [0.4, 0.5) is 8.78 Å². The zero-order chi connectivity index (χ0) is 23.9. The Bertz CT molecular complexity index is 762. The summed E-state index contributed by atoms with van der Waals surface area (Å²) in [4.78, 5) is 0. The fourth-order valence-corrected chi connectivity index (χ4v) is 6.75. The van der Waals surface area contributed by atoms with Gasteiger partial charge >= 0.3 is 0 Å². The third kappa shape index (κ3) is 6.65. The summed E-state index contributed by atoms with van der Waals surface area (Å²) in [6.07, 6.45) is 15.7. The Hall–Kier alpha value is -1.36. The lowest BCUT2D eigenvalue weighted by atomic mass is 9.65. The fourth-order valence-electron chi connectivity index (χ4n) is 6.75. The van der Waals surface area contributed by atoms with E-state index in [1.807, 2.05) is 0 Å². The van der Waals surface area contributed by atoms with Gasteiger partial charge in [-0.3, -0.25) is 0 Å². The van der Waals surface area contributed by atoms with Crippen LogP contribution in [0.2, 0.25) is 0 Å². The lowest BCUT2D eigenvalue weighted by Gasteiger charge is -2.42. The maximum absolute atomic E-state index is 14.3. The van der Waals surface area contributed by atoms with Crippen LogP contribution in [0.15, 0.2) is 12.1 Å². The van der Waals surface area contributed by atoms with Crippen LogP contribution in [0, 0.1) is 41.2 Å². The van der Waals surface area contributed by atoms with Crippen LogP contribution in [0.25, 0.3) is 0 Å². The lowest BCUT2D eigenvalue weighted by molar-refractivity contribution is -0.0236. The number of rotatable bonds is 10. The highest BCUT2D eigenvalue weighted by Crippen LogP contribution is 2.45. The minimum absolute atomic E-state index is 0.00680. The van der Waals surface area contributed by atoms with Gasteiger partial charge in [0.05, 0.1) is 19.3 Å². The van der Waals surface area contributed by atoms with Crippen molar-refractivity contribution in [3.05, 3.63) is 23.8 Å². The molecule has 5 heteroatoms. The highest BCUT2D eigenvalue weighted by molar-refractivity contribution is 5.35. The van der Waals surface area contributed by atoms with Gasteiger partial charge in [-0.25, -0.2) is 0 Å². The van der Waals surface area contributed by atoms with E-state index in [9.17, 15) is 8.78 Å². The monoisotopic (exact) mass is 478 g/mol. The van der Waals surface area contributed by atoms with E-state index in [0.717, 1.165) is 37.2 Å². The molecule has 4 rings (SSSR count). The van der Waals surface area contributed by atoms with Crippen molar-refractivity contribution < 1.29 is 23.0 Å². The summed E-state index contributed by atoms with van der Waals surface area (Å²) in [7, 11) is 0. The van der Waals surface area contributed by atoms with Crippen molar-refractivity contribution in [2.45, 2.75) is 97.0 Å². The van der Waals surface area contributed by atoms with E-state index in [0.29, 0.717) is 31.2 Å². The van der Waals surface area contributed by atoms with Crippen molar-refractivity contribution in [2.75, 3.05) is 19.8 Å². The van der Waals surface area contributed by atoms with E-state index in [1.54, 1.807) is 6.92 Å². The van der Waals surface area contributed by atoms with Crippen molar-refractivity contribution in [1.82, 2.24) is 0 Å². The summed E-state index contributed by atoms with van der Waals surface area (Å²) in [5.74, 6) is 1.62. The molecule has 1 aromatic carbocycles. The van der Waals surface area contributed by atoms with Crippen LogP contribution in [-0.4, -0.2) is 25.9 Å². The first-order chi connectivity index (χ1) is 16.6. The van der Waals surface area contributed by atoms with Crippen LogP contribution < -0.4 is 9.47 Å². The Labute approximate surface area is 204 Å². The molecule has 0 amide bonds. The smallest absolute Gasteiger partial charge is 0.204 e. The molecule has 3 nitrogen and oxygen atoms in total. The summed E-state index contributed by atoms with van der Waals surface area (Å²) >= 11 is 0. The molecule has 0 heterocycles. The van der Waals surface area contributed by atoms with Gasteiger partial charge < -0.3 is 14.2 Å². The summed E-state index contributed by atoms with van der Waals surface area (Å²) < 4.78 is 45.7. The van der Waals surface area contributed by atoms with Crippen LogP contribution in [0.5, 0.6) is 11.5 Å². The van der Waals surface area contributed by atoms with Crippen LogP contribution >= 0.6 is 0 Å². The third-order valence-corrected chi connectivity index (χ3v) is 8.67. The molecule has 3 aliphatic carbocycles. The quantitative estimate of drug-likeness (QED) is 0.341. The van der Waals surface area contributed by atoms with E-state index in [-0.39, 0.29) is 11.5 Å². The molecular formula is C29H44F2O3. The Morgan fingerprint density at radius 3 is 1.85 bits per heavy atom. The van der Waals surface area contributed by atoms with E-state index in [2.05, 4.69) is 6.92 Å². The molecule has 0 aliphatic heterocycles. The zero-order valence-corrected chi connectivity index (χ0v) is 21.2. The number of benzene rings is 1. The van der Waals surface area contributed by atoms with Gasteiger partial charge in [0.2, 0.25) is 11.6 Å². The van der Waals surface area contributed by atoms with Gasteiger partial charge in [0.15, 0.2) is 11.5 Å². The van der Waals surface area contributed by atoms with Crippen molar-refractivity contribution >= 4 is 0 Å². The molecule has 0 aromatic heterocycles. The molecule has 0 radical (unpaired) electrons. The number of hydrogen-bond acceptors (Lipinski definition) is 3. The standard InChI is InChI=1S/C29H44F2O3/c1-3-5-20-8-12-25(13-9-20)33-18-21-6-10-24-17-22(7-11-23(24)16-21)19-34-27-15-14-26(32-4-2)28(30)29(27)31/h14-15,20-25H,3-13,16-19H2,1-2H3. The van der Waals surface area contributed by atoms with Crippen molar-refractivity contribution in [2.24, 2.45) is 29.6 Å². The van der Waals surface area contributed by atoms with E-state index in [4.69, 9.17) is 14.2 Å². The average Bonchev–Trinajstić information content (AvgIpc) is 2.86. The van der Waals surface area contributed by atoms with Crippen molar-refractivity contribution in [3.63, 3.8) is 0 Å². The van der Waals surface area contributed by atoms with Crippen molar-refractivity contribution in [3.8, 4) is 11.5 Å². The average molecular weight is 479 g/mol. The highest BCUT2D eigenvalue weighted by Gasteiger charge is 2.36. The summed E-state index contributed by atoms with van der Waals surface area (Å²) in [5, 5.41) is 0. The maximum Gasteiger partial charge on any atom is 0.204 e. The van der Waals surface area contributed by atoms with Gasteiger partial charge in [0.25, 0.3) is 0 Å². The molecule has 4 atom stereocenters. The normalized spacial score (nSPS) is 31.6. The largest absolute Gasteiger partial charge is 0.491 e. The number of hydrogen-bond donors (Lipinski definition) is 0. The Morgan fingerprint density at radius 2 is 1.26 bits per heavy atom. The van der Waals surface area contributed by atoms with Gasteiger partial charge in [-0.15, -0.1) is 0 Å². The minimum Gasteiger partial charge on any atom is -0.491 e. The predicted octanol–water partition coefficient (Wildman–Crippen LogP) is 7.95. The molecule has 0 spiro atoms.